The van der Waals surface area contributed by atoms with Crippen molar-refractivity contribution in [1.29, 1.82) is 0 Å². The second-order valence-corrected chi connectivity index (χ2v) is 2.42. The Morgan fingerprint density at radius 1 is 1.00 bits per heavy atom. The fourth-order valence-corrected chi connectivity index (χ4v) is 0.684. The van der Waals surface area contributed by atoms with E-state index in [9.17, 15) is 29.7 Å². The molecule has 0 atom stereocenters. The van der Waals surface area contributed by atoms with Gasteiger partial charge in [0.05, 0.1) is 5.97 Å². The fourth-order valence-electron chi connectivity index (χ4n) is 0.684. The van der Waals surface area contributed by atoms with Gasteiger partial charge in [-0.15, -0.1) is 0 Å². The maximum Gasteiger partial charge on any atom is 2.00 e. The number of carbonyl (C=O) groups excluding carboxylic acids is 3. The molecule has 0 saturated heterocycles. The monoisotopic (exact) mass is 396 g/mol. The van der Waals surface area contributed by atoms with Crippen LogP contribution >= 0.6 is 0 Å². The van der Waals surface area contributed by atoms with E-state index < -0.39 is 36.4 Å². The van der Waals surface area contributed by atoms with E-state index in [0.717, 1.165) is 0 Å². The standard InChI is InChI=1S/C6H8O7.Na.W/c7-3(8)1-6(13,5(11)12)2-4(9)10;;/h13H,1-2H2,(H,7,8)(H,9,10)(H,11,12);;/q;+1;+2/p-3. The van der Waals surface area contributed by atoms with Crippen LogP contribution in [0.3, 0.4) is 0 Å². The number of rotatable bonds is 5. The van der Waals surface area contributed by atoms with E-state index in [4.69, 9.17) is 5.11 Å². The van der Waals surface area contributed by atoms with Gasteiger partial charge in [0, 0.05) is 24.8 Å². The number of hydrogen-bond donors (Lipinski definition) is 1. The third-order valence-electron chi connectivity index (χ3n) is 1.25. The molecule has 0 aliphatic rings. The zero-order valence-corrected chi connectivity index (χ0v) is 12.7. The van der Waals surface area contributed by atoms with Gasteiger partial charge in [-0.25, -0.2) is 0 Å². The summed E-state index contributed by atoms with van der Waals surface area (Å²) < 4.78 is 0. The zero-order valence-electron chi connectivity index (χ0n) is 7.72. The van der Waals surface area contributed by atoms with Gasteiger partial charge >= 0.3 is 50.6 Å². The second-order valence-electron chi connectivity index (χ2n) is 2.42. The summed E-state index contributed by atoms with van der Waals surface area (Å²) in [6.45, 7) is 0. The topological polar surface area (TPSA) is 141 Å². The van der Waals surface area contributed by atoms with Crippen molar-refractivity contribution in [2.24, 2.45) is 0 Å². The van der Waals surface area contributed by atoms with Crippen LogP contribution < -0.4 is 44.9 Å². The second kappa shape index (κ2) is 8.24. The molecule has 0 aromatic heterocycles. The smallest absolute Gasteiger partial charge is 0.550 e. The summed E-state index contributed by atoms with van der Waals surface area (Å²) in [7, 11) is 0. The van der Waals surface area contributed by atoms with E-state index in [2.05, 4.69) is 0 Å². The molecule has 0 aromatic rings. The summed E-state index contributed by atoms with van der Waals surface area (Å²) >= 11 is 0. The minimum absolute atomic E-state index is 0. The zero-order chi connectivity index (χ0) is 10.6. The number of hydrogen-bond acceptors (Lipinski definition) is 7. The van der Waals surface area contributed by atoms with Gasteiger partial charge < -0.3 is 34.8 Å². The van der Waals surface area contributed by atoms with Crippen LogP contribution in [-0.4, -0.2) is 28.6 Å². The normalized spacial score (nSPS) is 9.40. The van der Waals surface area contributed by atoms with Crippen molar-refractivity contribution in [3.8, 4) is 0 Å². The first-order chi connectivity index (χ1) is 5.78. The Morgan fingerprint density at radius 2 is 1.27 bits per heavy atom. The third kappa shape index (κ3) is 7.93. The first-order valence-electron chi connectivity index (χ1n) is 3.11. The van der Waals surface area contributed by atoms with Gasteiger partial charge in [-0.05, 0) is 0 Å². The minimum Gasteiger partial charge on any atom is -0.550 e. The predicted molar refractivity (Wildman–Crippen MR) is 29.2 cm³/mol. The third-order valence-corrected chi connectivity index (χ3v) is 1.25. The Balaban J connectivity index is -0.000000720. The summed E-state index contributed by atoms with van der Waals surface area (Å²) in [5.74, 6) is -5.98. The van der Waals surface area contributed by atoms with E-state index >= 15 is 0 Å². The molecule has 0 heterocycles. The number of aliphatic hydroxyl groups is 1. The van der Waals surface area contributed by atoms with E-state index in [1.807, 2.05) is 0 Å². The molecule has 0 aliphatic heterocycles. The van der Waals surface area contributed by atoms with Crippen LogP contribution in [0.25, 0.3) is 0 Å². The van der Waals surface area contributed by atoms with Crippen LogP contribution in [0.15, 0.2) is 0 Å². The van der Waals surface area contributed by atoms with Crippen molar-refractivity contribution in [3.05, 3.63) is 0 Å². The van der Waals surface area contributed by atoms with Crippen LogP contribution in [0.2, 0.25) is 0 Å². The van der Waals surface area contributed by atoms with Gasteiger partial charge in [0.15, 0.2) is 0 Å². The maximum absolute atomic E-state index is 10.1. The summed E-state index contributed by atoms with van der Waals surface area (Å²) in [5, 5.41) is 38.9. The van der Waals surface area contributed by atoms with E-state index in [1.165, 1.54) is 0 Å². The van der Waals surface area contributed by atoms with Crippen LogP contribution in [-0.2, 0) is 35.4 Å². The van der Waals surface area contributed by atoms with Crippen LogP contribution in [0.4, 0.5) is 0 Å². The molecule has 78 valence electrons. The van der Waals surface area contributed by atoms with Crippen LogP contribution in [0.1, 0.15) is 12.8 Å². The SMILES string of the molecule is O=C([O-])CC(O)(CC(=O)[O-])C(=O)[O-].[Na+].[W+2]. The molecule has 15 heavy (non-hydrogen) atoms. The summed E-state index contributed by atoms with van der Waals surface area (Å²) in [5.41, 5.74) is -2.97. The molecule has 0 unspecified atom stereocenters. The molecule has 7 nitrogen and oxygen atoms in total. The van der Waals surface area contributed by atoms with Gasteiger partial charge in [-0.3, -0.25) is 0 Å². The summed E-state index contributed by atoms with van der Waals surface area (Å²) in [6, 6.07) is 0. The Morgan fingerprint density at radius 3 is 1.40 bits per heavy atom. The first-order valence-corrected chi connectivity index (χ1v) is 3.11. The van der Waals surface area contributed by atoms with Crippen molar-refractivity contribution in [1.82, 2.24) is 0 Å². The van der Waals surface area contributed by atoms with Crippen LogP contribution in [0, 0.1) is 0 Å². The molecule has 0 radical (unpaired) electrons. The molecule has 1 N–H and O–H groups in total. The molecule has 0 amide bonds. The summed E-state index contributed by atoms with van der Waals surface area (Å²) in [6.07, 6.45) is -2.72. The van der Waals surface area contributed by atoms with Crippen LogP contribution in [0.5, 0.6) is 0 Å². The molecule has 0 bridgehead atoms. The average Bonchev–Trinajstić information content (AvgIpc) is 1.82. The van der Waals surface area contributed by atoms with Crippen molar-refractivity contribution in [3.63, 3.8) is 0 Å². The molecule has 0 fully saturated rings. The van der Waals surface area contributed by atoms with Gasteiger partial charge in [0.1, 0.15) is 5.60 Å². The van der Waals surface area contributed by atoms with Gasteiger partial charge in [0.25, 0.3) is 0 Å². The molecule has 0 aromatic carbocycles. The average molecular weight is 396 g/mol. The molecule has 0 saturated carbocycles. The number of carboxylic acid groups (broad SMARTS) is 3. The Bertz CT molecular complexity index is 238. The van der Waals surface area contributed by atoms with Crippen molar-refractivity contribution in [2.75, 3.05) is 0 Å². The maximum atomic E-state index is 10.1. The van der Waals surface area contributed by atoms with Crippen molar-refractivity contribution < 1.29 is 85.4 Å². The number of carbonyl (C=O) groups is 3. The summed E-state index contributed by atoms with van der Waals surface area (Å²) in [4.78, 5) is 30.0. The molecule has 9 heteroatoms. The van der Waals surface area contributed by atoms with E-state index in [-0.39, 0.29) is 50.6 Å². The Hall–Kier alpha value is 0.0583. The van der Waals surface area contributed by atoms with Gasteiger partial charge in [0.2, 0.25) is 0 Å². The Labute approximate surface area is 121 Å². The van der Waals surface area contributed by atoms with Crippen molar-refractivity contribution in [2.45, 2.75) is 18.4 Å². The molecular formula is C6H5NaO7W. The van der Waals surface area contributed by atoms with E-state index in [0.29, 0.717) is 0 Å². The van der Waals surface area contributed by atoms with E-state index in [1.54, 1.807) is 0 Å². The van der Waals surface area contributed by atoms with Crippen molar-refractivity contribution >= 4 is 17.9 Å². The first kappa shape index (κ1) is 20.5. The molecule has 0 aliphatic carbocycles. The molecule has 0 rings (SSSR count). The molecular weight excluding hydrogens is 391 g/mol. The number of aliphatic carboxylic acids is 3. The number of carboxylic acids is 3. The van der Waals surface area contributed by atoms with Gasteiger partial charge in [-0.1, -0.05) is 0 Å². The fraction of sp³-hybridized carbons (Fsp3) is 0.500. The quantitative estimate of drug-likeness (QED) is 0.455. The largest absolute Gasteiger partial charge is 2.00 e. The predicted octanol–water partition coefficient (Wildman–Crippen LogP) is -8.25. The Kier molecular flexibility index (Phi) is 11.2. The van der Waals surface area contributed by atoms with Gasteiger partial charge in [-0.2, -0.15) is 0 Å². The molecule has 0 spiro atoms. The minimum atomic E-state index is -2.97.